The standard InChI is InChI=1S/C14H16N4O2S/c1-10-11(9-16-17-10)5-4-8-15-14-12-6-2-3-7-13(12)21(19,20)18-14/h2-3,6-7,9H,4-5,8H2,1H3,(H,15,18)(H,16,17). The van der Waals surface area contributed by atoms with Gasteiger partial charge in [0.25, 0.3) is 10.0 Å². The Kier molecular flexibility index (Phi) is 3.50. The zero-order chi connectivity index (χ0) is 14.9. The van der Waals surface area contributed by atoms with Crippen molar-refractivity contribution in [3.8, 4) is 0 Å². The number of aromatic amines is 1. The van der Waals surface area contributed by atoms with Crippen molar-refractivity contribution >= 4 is 15.9 Å². The number of nitrogens with zero attached hydrogens (tertiary/aromatic N) is 2. The molecule has 1 aromatic carbocycles. The third kappa shape index (κ3) is 2.69. The average Bonchev–Trinajstić information content (AvgIpc) is 2.98. The van der Waals surface area contributed by atoms with Gasteiger partial charge in [-0.1, -0.05) is 12.1 Å². The molecule has 0 bridgehead atoms. The van der Waals surface area contributed by atoms with Gasteiger partial charge in [0.15, 0.2) is 0 Å². The van der Waals surface area contributed by atoms with E-state index in [1.807, 2.05) is 19.2 Å². The minimum atomic E-state index is -3.44. The number of sulfonamides is 1. The van der Waals surface area contributed by atoms with E-state index < -0.39 is 10.0 Å². The van der Waals surface area contributed by atoms with Crippen LogP contribution < -0.4 is 4.72 Å². The van der Waals surface area contributed by atoms with E-state index in [0.717, 1.165) is 18.5 Å². The van der Waals surface area contributed by atoms with Gasteiger partial charge in [0.05, 0.1) is 11.1 Å². The first-order chi connectivity index (χ1) is 10.1. The first-order valence-electron chi connectivity index (χ1n) is 6.73. The second-order valence-electron chi connectivity index (χ2n) is 4.96. The lowest BCUT2D eigenvalue weighted by Gasteiger charge is -2.00. The molecule has 0 spiro atoms. The molecule has 0 saturated carbocycles. The Bertz CT molecular complexity index is 793. The zero-order valence-electron chi connectivity index (χ0n) is 11.6. The fraction of sp³-hybridized carbons (Fsp3) is 0.286. The summed E-state index contributed by atoms with van der Waals surface area (Å²) in [6.45, 7) is 2.55. The Morgan fingerprint density at radius 3 is 2.86 bits per heavy atom. The van der Waals surface area contributed by atoms with Crippen LogP contribution in [0.4, 0.5) is 0 Å². The first kappa shape index (κ1) is 13.8. The smallest absolute Gasteiger partial charge is 0.263 e. The third-order valence-corrected chi connectivity index (χ3v) is 4.87. The van der Waals surface area contributed by atoms with Crippen molar-refractivity contribution in [2.75, 3.05) is 6.54 Å². The van der Waals surface area contributed by atoms with E-state index in [2.05, 4.69) is 19.9 Å². The second kappa shape index (κ2) is 5.33. The first-order valence-corrected chi connectivity index (χ1v) is 8.22. The summed E-state index contributed by atoms with van der Waals surface area (Å²) in [5, 5.41) is 6.87. The van der Waals surface area contributed by atoms with Crippen LogP contribution >= 0.6 is 0 Å². The van der Waals surface area contributed by atoms with Gasteiger partial charge >= 0.3 is 0 Å². The third-order valence-electron chi connectivity index (χ3n) is 3.47. The van der Waals surface area contributed by atoms with Gasteiger partial charge in [0.2, 0.25) is 0 Å². The number of rotatable bonds is 4. The summed E-state index contributed by atoms with van der Waals surface area (Å²) < 4.78 is 26.4. The highest BCUT2D eigenvalue weighted by Crippen LogP contribution is 2.22. The predicted molar refractivity (Wildman–Crippen MR) is 79.8 cm³/mol. The molecule has 6 nitrogen and oxygen atoms in total. The normalized spacial score (nSPS) is 17.7. The molecule has 0 unspecified atom stereocenters. The Labute approximate surface area is 123 Å². The van der Waals surface area contributed by atoms with E-state index in [-0.39, 0.29) is 0 Å². The highest BCUT2D eigenvalue weighted by molar-refractivity contribution is 7.90. The largest absolute Gasteiger partial charge is 0.283 e. The molecule has 2 heterocycles. The van der Waals surface area contributed by atoms with Crippen molar-refractivity contribution in [3.05, 3.63) is 47.3 Å². The lowest BCUT2D eigenvalue weighted by atomic mass is 10.1. The topological polar surface area (TPSA) is 87.2 Å². The maximum atomic E-state index is 11.9. The van der Waals surface area contributed by atoms with E-state index in [4.69, 9.17) is 0 Å². The molecule has 1 aliphatic rings. The maximum absolute atomic E-state index is 11.9. The van der Waals surface area contributed by atoms with Gasteiger partial charge in [-0.05, 0) is 37.5 Å². The van der Waals surface area contributed by atoms with Crippen LogP contribution in [-0.2, 0) is 16.4 Å². The van der Waals surface area contributed by atoms with E-state index >= 15 is 0 Å². The SMILES string of the molecule is Cc1[nH]ncc1CCCN=C1NS(=O)(=O)c2ccccc21. The van der Waals surface area contributed by atoms with Crippen LogP contribution in [0.2, 0.25) is 0 Å². The van der Waals surface area contributed by atoms with E-state index in [9.17, 15) is 8.42 Å². The average molecular weight is 304 g/mol. The van der Waals surface area contributed by atoms with Gasteiger partial charge in [0.1, 0.15) is 5.84 Å². The summed E-state index contributed by atoms with van der Waals surface area (Å²) in [7, 11) is -3.44. The predicted octanol–water partition coefficient (Wildman–Crippen LogP) is 1.39. The summed E-state index contributed by atoms with van der Waals surface area (Å²) in [5.74, 6) is 0.439. The number of amidine groups is 1. The monoisotopic (exact) mass is 304 g/mol. The molecule has 7 heteroatoms. The molecule has 3 rings (SSSR count). The van der Waals surface area contributed by atoms with Crippen molar-refractivity contribution in [2.45, 2.75) is 24.7 Å². The Balaban J connectivity index is 1.70. The molecule has 0 fully saturated rings. The molecule has 21 heavy (non-hydrogen) atoms. The van der Waals surface area contributed by atoms with Crippen LogP contribution in [0.25, 0.3) is 0 Å². The van der Waals surface area contributed by atoms with Gasteiger partial charge in [-0.3, -0.25) is 14.8 Å². The number of nitrogens with one attached hydrogen (secondary N) is 2. The number of hydrogen-bond acceptors (Lipinski definition) is 4. The number of aromatic nitrogens is 2. The van der Waals surface area contributed by atoms with Crippen molar-refractivity contribution in [1.29, 1.82) is 0 Å². The number of benzene rings is 1. The van der Waals surface area contributed by atoms with Crippen molar-refractivity contribution < 1.29 is 8.42 Å². The molecular formula is C14H16N4O2S. The minimum absolute atomic E-state index is 0.300. The number of aryl methyl sites for hydroxylation is 2. The lowest BCUT2D eigenvalue weighted by Crippen LogP contribution is -2.22. The molecule has 0 radical (unpaired) electrons. The summed E-state index contributed by atoms with van der Waals surface area (Å²) in [6.07, 6.45) is 3.53. The molecule has 0 saturated heterocycles. The molecule has 1 aromatic heterocycles. The Morgan fingerprint density at radius 2 is 2.10 bits per heavy atom. The van der Waals surface area contributed by atoms with Gasteiger partial charge in [0, 0.05) is 17.8 Å². The van der Waals surface area contributed by atoms with Crippen molar-refractivity contribution in [1.82, 2.24) is 14.9 Å². The van der Waals surface area contributed by atoms with Crippen LogP contribution in [0, 0.1) is 6.92 Å². The van der Waals surface area contributed by atoms with Crippen molar-refractivity contribution in [2.24, 2.45) is 4.99 Å². The molecule has 0 aliphatic carbocycles. The highest BCUT2D eigenvalue weighted by atomic mass is 32.2. The summed E-state index contributed by atoms with van der Waals surface area (Å²) in [5.41, 5.74) is 2.88. The molecule has 2 aromatic rings. The Morgan fingerprint density at radius 1 is 1.29 bits per heavy atom. The molecule has 110 valence electrons. The summed E-state index contributed by atoms with van der Waals surface area (Å²) in [4.78, 5) is 4.69. The van der Waals surface area contributed by atoms with Gasteiger partial charge < -0.3 is 0 Å². The molecule has 0 atom stereocenters. The molecule has 2 N–H and O–H groups in total. The summed E-state index contributed by atoms with van der Waals surface area (Å²) >= 11 is 0. The van der Waals surface area contributed by atoms with Crippen LogP contribution in [0.1, 0.15) is 23.2 Å². The fourth-order valence-corrected chi connectivity index (χ4v) is 3.59. The van der Waals surface area contributed by atoms with E-state index in [0.29, 0.717) is 22.8 Å². The van der Waals surface area contributed by atoms with E-state index in [1.54, 1.807) is 18.2 Å². The number of fused-ring (bicyclic) bond motifs is 1. The zero-order valence-corrected chi connectivity index (χ0v) is 12.4. The summed E-state index contributed by atoms with van der Waals surface area (Å²) in [6, 6.07) is 6.88. The highest BCUT2D eigenvalue weighted by Gasteiger charge is 2.29. The van der Waals surface area contributed by atoms with Crippen LogP contribution in [0.5, 0.6) is 0 Å². The van der Waals surface area contributed by atoms with Crippen LogP contribution in [-0.4, -0.2) is 31.0 Å². The van der Waals surface area contributed by atoms with Crippen molar-refractivity contribution in [3.63, 3.8) is 0 Å². The maximum Gasteiger partial charge on any atom is 0.263 e. The fourth-order valence-electron chi connectivity index (χ4n) is 2.34. The number of aliphatic imine (C=N–C) groups is 1. The molecular weight excluding hydrogens is 288 g/mol. The molecule has 0 amide bonds. The van der Waals surface area contributed by atoms with Crippen LogP contribution in [0.15, 0.2) is 40.4 Å². The van der Waals surface area contributed by atoms with Gasteiger partial charge in [-0.15, -0.1) is 0 Å². The minimum Gasteiger partial charge on any atom is -0.283 e. The number of H-pyrrole nitrogens is 1. The van der Waals surface area contributed by atoms with Gasteiger partial charge in [-0.2, -0.15) is 5.10 Å². The van der Waals surface area contributed by atoms with E-state index in [1.165, 1.54) is 5.56 Å². The Hall–Kier alpha value is -2.15. The quantitative estimate of drug-likeness (QED) is 0.837. The number of hydrogen-bond donors (Lipinski definition) is 2. The van der Waals surface area contributed by atoms with Gasteiger partial charge in [-0.25, -0.2) is 8.42 Å². The van der Waals surface area contributed by atoms with Crippen LogP contribution in [0.3, 0.4) is 0 Å². The molecule has 1 aliphatic heterocycles. The second-order valence-corrected chi connectivity index (χ2v) is 6.61. The lowest BCUT2D eigenvalue weighted by molar-refractivity contribution is 0.595.